The zero-order valence-electron chi connectivity index (χ0n) is 7.63. The molecule has 1 aromatic heterocycles. The highest BCUT2D eigenvalue weighted by Gasteiger charge is 2.02. The third-order valence-corrected chi connectivity index (χ3v) is 2.47. The van der Waals surface area contributed by atoms with Gasteiger partial charge in [-0.05, 0) is 24.8 Å². The van der Waals surface area contributed by atoms with Gasteiger partial charge >= 0.3 is 0 Å². The van der Waals surface area contributed by atoms with Crippen LogP contribution in [0.3, 0.4) is 0 Å². The van der Waals surface area contributed by atoms with Crippen LogP contribution in [0.25, 0.3) is 0 Å². The van der Waals surface area contributed by atoms with Crippen LogP contribution >= 0.6 is 11.6 Å². The number of nitrogens with zero attached hydrogens (tertiary/aromatic N) is 2. The van der Waals surface area contributed by atoms with E-state index in [-0.39, 0.29) is 0 Å². The summed E-state index contributed by atoms with van der Waals surface area (Å²) in [6.45, 7) is 2.11. The largest absolute Gasteiger partial charge is 0.276 e. The van der Waals surface area contributed by atoms with E-state index in [4.69, 9.17) is 11.6 Å². The van der Waals surface area contributed by atoms with E-state index in [9.17, 15) is 0 Å². The highest BCUT2D eigenvalue weighted by Crippen LogP contribution is 2.10. The van der Waals surface area contributed by atoms with Gasteiger partial charge in [-0.2, -0.15) is 5.10 Å². The Labute approximate surface area is 78.5 Å². The number of aryl methyl sites for hydroxylation is 2. The van der Waals surface area contributed by atoms with Crippen LogP contribution in [-0.4, -0.2) is 15.2 Å². The zero-order chi connectivity index (χ0) is 8.97. The summed E-state index contributed by atoms with van der Waals surface area (Å²) in [5, 5.41) is 4.40. The maximum absolute atomic E-state index is 5.99. The maximum atomic E-state index is 5.99. The van der Waals surface area contributed by atoms with Gasteiger partial charge in [-0.25, -0.2) is 0 Å². The lowest BCUT2D eigenvalue weighted by molar-refractivity contribution is 0.724. The van der Waals surface area contributed by atoms with Crippen molar-refractivity contribution < 1.29 is 0 Å². The van der Waals surface area contributed by atoms with Crippen LogP contribution in [0.4, 0.5) is 0 Å². The topological polar surface area (TPSA) is 17.8 Å². The summed E-state index contributed by atoms with van der Waals surface area (Å²) >= 11 is 5.99. The summed E-state index contributed by atoms with van der Waals surface area (Å²) < 4.78 is 1.82. The first kappa shape index (κ1) is 9.59. The normalized spacial score (nSPS) is 13.2. The molecule has 0 aromatic carbocycles. The molecule has 12 heavy (non-hydrogen) atoms. The lowest BCUT2D eigenvalue weighted by Gasteiger charge is -2.03. The predicted octanol–water partition coefficient (Wildman–Crippen LogP) is 2.37. The number of hydrogen-bond donors (Lipinski definition) is 0. The van der Waals surface area contributed by atoms with Crippen LogP contribution in [-0.2, 0) is 13.5 Å². The zero-order valence-corrected chi connectivity index (χ0v) is 8.38. The van der Waals surface area contributed by atoms with Crippen molar-refractivity contribution in [3.63, 3.8) is 0 Å². The van der Waals surface area contributed by atoms with Gasteiger partial charge in [0.1, 0.15) is 0 Å². The minimum atomic E-state index is 0.310. The van der Waals surface area contributed by atoms with Gasteiger partial charge in [-0.15, -0.1) is 11.6 Å². The number of halogens is 1. The maximum Gasteiger partial charge on any atom is 0.0521 e. The lowest BCUT2D eigenvalue weighted by atomic mass is 10.1. The molecule has 1 atom stereocenters. The third kappa shape index (κ3) is 2.86. The molecular formula is C9H15ClN2. The van der Waals surface area contributed by atoms with Gasteiger partial charge in [0.05, 0.1) is 6.20 Å². The summed E-state index contributed by atoms with van der Waals surface area (Å²) in [5.41, 5.74) is 1.27. The van der Waals surface area contributed by atoms with Crippen molar-refractivity contribution >= 4 is 11.6 Å². The van der Waals surface area contributed by atoms with Crippen LogP contribution < -0.4 is 0 Å². The summed E-state index contributed by atoms with van der Waals surface area (Å²) in [5.74, 6) is 0. The molecule has 0 saturated carbocycles. The Kier molecular flexibility index (Phi) is 3.60. The van der Waals surface area contributed by atoms with Crippen molar-refractivity contribution in [3.05, 3.63) is 18.0 Å². The van der Waals surface area contributed by atoms with Crippen molar-refractivity contribution in [1.29, 1.82) is 0 Å². The Hall–Kier alpha value is -0.500. The smallest absolute Gasteiger partial charge is 0.0521 e. The summed E-state index contributed by atoms with van der Waals surface area (Å²) in [7, 11) is 1.93. The molecule has 1 rings (SSSR count). The second kappa shape index (κ2) is 4.51. The molecule has 1 heterocycles. The molecule has 0 aliphatic heterocycles. The van der Waals surface area contributed by atoms with Gasteiger partial charge in [-0.1, -0.05) is 6.92 Å². The van der Waals surface area contributed by atoms with Crippen LogP contribution in [0, 0.1) is 0 Å². The van der Waals surface area contributed by atoms with Crippen LogP contribution in [0.5, 0.6) is 0 Å². The van der Waals surface area contributed by atoms with Crippen molar-refractivity contribution in [2.45, 2.75) is 31.6 Å². The fourth-order valence-corrected chi connectivity index (χ4v) is 1.24. The van der Waals surface area contributed by atoms with Gasteiger partial charge in [-0.3, -0.25) is 4.68 Å². The second-order valence-corrected chi connectivity index (χ2v) is 3.68. The van der Waals surface area contributed by atoms with E-state index in [1.54, 1.807) is 0 Å². The van der Waals surface area contributed by atoms with E-state index >= 15 is 0 Å². The van der Waals surface area contributed by atoms with Gasteiger partial charge in [0, 0.05) is 18.6 Å². The molecule has 0 bridgehead atoms. The van der Waals surface area contributed by atoms with E-state index in [1.807, 2.05) is 24.1 Å². The van der Waals surface area contributed by atoms with Gasteiger partial charge < -0.3 is 0 Å². The second-order valence-electron chi connectivity index (χ2n) is 3.07. The molecule has 68 valence electrons. The first-order chi connectivity index (χ1) is 5.72. The van der Waals surface area contributed by atoms with E-state index in [1.165, 1.54) is 5.56 Å². The van der Waals surface area contributed by atoms with Gasteiger partial charge in [0.2, 0.25) is 0 Å². The van der Waals surface area contributed by atoms with E-state index in [0.29, 0.717) is 5.38 Å². The first-order valence-corrected chi connectivity index (χ1v) is 4.77. The number of rotatable bonds is 4. The fraction of sp³-hybridized carbons (Fsp3) is 0.667. The van der Waals surface area contributed by atoms with Crippen LogP contribution in [0.2, 0.25) is 0 Å². The molecule has 1 aromatic rings. The molecule has 0 saturated heterocycles. The summed E-state index contributed by atoms with van der Waals surface area (Å²) in [6.07, 6.45) is 7.07. The average Bonchev–Trinajstić information content (AvgIpc) is 2.47. The van der Waals surface area contributed by atoms with Crippen LogP contribution in [0.1, 0.15) is 25.3 Å². The molecular weight excluding hydrogens is 172 g/mol. The van der Waals surface area contributed by atoms with Crippen molar-refractivity contribution in [2.24, 2.45) is 7.05 Å². The van der Waals surface area contributed by atoms with Gasteiger partial charge in [0.25, 0.3) is 0 Å². The standard InChI is InChI=1S/C9H15ClN2/c1-3-9(10)5-4-8-6-11-12(2)7-8/h6-7,9H,3-5H2,1-2H3. The average molecular weight is 187 g/mol. The van der Waals surface area contributed by atoms with E-state index in [2.05, 4.69) is 12.0 Å². The van der Waals surface area contributed by atoms with Crippen molar-refractivity contribution in [2.75, 3.05) is 0 Å². The highest BCUT2D eigenvalue weighted by atomic mass is 35.5. The molecule has 2 nitrogen and oxygen atoms in total. The molecule has 1 unspecified atom stereocenters. The molecule has 0 amide bonds. The number of alkyl halides is 1. The lowest BCUT2D eigenvalue weighted by Crippen LogP contribution is -1.97. The predicted molar refractivity (Wildman–Crippen MR) is 51.5 cm³/mol. The van der Waals surface area contributed by atoms with Crippen LogP contribution in [0.15, 0.2) is 12.4 Å². The minimum absolute atomic E-state index is 0.310. The number of aromatic nitrogens is 2. The first-order valence-electron chi connectivity index (χ1n) is 4.34. The highest BCUT2D eigenvalue weighted by molar-refractivity contribution is 6.20. The Bertz CT molecular complexity index is 232. The number of hydrogen-bond acceptors (Lipinski definition) is 1. The summed E-state index contributed by atoms with van der Waals surface area (Å²) in [4.78, 5) is 0. The quantitative estimate of drug-likeness (QED) is 0.661. The molecule has 0 radical (unpaired) electrons. The molecule has 0 aliphatic carbocycles. The fourth-order valence-electron chi connectivity index (χ4n) is 1.13. The molecule has 0 aliphatic rings. The SMILES string of the molecule is CCC(Cl)CCc1cnn(C)c1. The molecule has 0 fully saturated rings. The van der Waals surface area contributed by atoms with Crippen molar-refractivity contribution in [1.82, 2.24) is 9.78 Å². The Morgan fingerprint density at radius 2 is 2.42 bits per heavy atom. The van der Waals surface area contributed by atoms with E-state index < -0.39 is 0 Å². The Morgan fingerprint density at radius 3 is 2.92 bits per heavy atom. The molecule has 0 N–H and O–H groups in total. The molecule has 0 spiro atoms. The third-order valence-electron chi connectivity index (χ3n) is 1.95. The Morgan fingerprint density at radius 1 is 1.67 bits per heavy atom. The summed E-state index contributed by atoms with van der Waals surface area (Å²) in [6, 6.07) is 0. The Balaban J connectivity index is 2.33. The van der Waals surface area contributed by atoms with E-state index in [0.717, 1.165) is 19.3 Å². The monoisotopic (exact) mass is 186 g/mol. The molecule has 3 heteroatoms. The van der Waals surface area contributed by atoms with Crippen molar-refractivity contribution in [3.8, 4) is 0 Å². The minimum Gasteiger partial charge on any atom is -0.276 e. The van der Waals surface area contributed by atoms with Gasteiger partial charge in [0.15, 0.2) is 0 Å².